The van der Waals surface area contributed by atoms with E-state index < -0.39 is 11.9 Å². The Morgan fingerprint density at radius 2 is 1.96 bits per heavy atom. The smallest absolute Gasteiger partial charge is 0.381 e. The van der Waals surface area contributed by atoms with Gasteiger partial charge in [0.2, 0.25) is 5.95 Å². The summed E-state index contributed by atoms with van der Waals surface area (Å²) >= 11 is 0. The number of halogens is 3. The lowest BCUT2D eigenvalue weighted by atomic mass is 10.0. The van der Waals surface area contributed by atoms with Crippen molar-refractivity contribution in [3.63, 3.8) is 0 Å². The van der Waals surface area contributed by atoms with Gasteiger partial charge in [0, 0.05) is 51.1 Å². The summed E-state index contributed by atoms with van der Waals surface area (Å²) < 4.78 is 43.8. The highest BCUT2D eigenvalue weighted by atomic mass is 19.4. The van der Waals surface area contributed by atoms with Crippen molar-refractivity contribution in [2.45, 2.75) is 38.0 Å². The van der Waals surface area contributed by atoms with E-state index in [1.165, 1.54) is 6.20 Å². The van der Waals surface area contributed by atoms with E-state index >= 15 is 0 Å². The summed E-state index contributed by atoms with van der Waals surface area (Å²) in [6, 6.07) is 1.50. The molecule has 2 fully saturated rings. The molecular formula is C15H21F3N4O. The second kappa shape index (κ2) is 6.60. The molecule has 128 valence electrons. The fourth-order valence-electron chi connectivity index (χ4n) is 3.31. The minimum absolute atomic E-state index is 0.0788. The molecule has 3 heterocycles. The second-order valence-corrected chi connectivity index (χ2v) is 6.12. The van der Waals surface area contributed by atoms with Gasteiger partial charge in [-0.05, 0) is 25.8 Å². The van der Waals surface area contributed by atoms with Crippen LogP contribution in [-0.4, -0.2) is 59.8 Å². The zero-order valence-corrected chi connectivity index (χ0v) is 13.1. The minimum atomic E-state index is -4.44. The van der Waals surface area contributed by atoms with Gasteiger partial charge in [0.1, 0.15) is 5.69 Å². The van der Waals surface area contributed by atoms with Crippen molar-refractivity contribution in [2.24, 2.45) is 0 Å². The van der Waals surface area contributed by atoms with Gasteiger partial charge in [-0.3, -0.25) is 4.90 Å². The molecule has 0 N–H and O–H groups in total. The van der Waals surface area contributed by atoms with E-state index in [4.69, 9.17) is 4.74 Å². The first kappa shape index (κ1) is 16.4. The number of piperazine rings is 1. The van der Waals surface area contributed by atoms with Crippen LogP contribution in [0.4, 0.5) is 19.1 Å². The topological polar surface area (TPSA) is 41.5 Å². The number of rotatable bonds is 2. The van der Waals surface area contributed by atoms with E-state index in [1.807, 2.05) is 11.8 Å². The van der Waals surface area contributed by atoms with Gasteiger partial charge in [0.15, 0.2) is 0 Å². The molecule has 0 aliphatic carbocycles. The van der Waals surface area contributed by atoms with Crippen LogP contribution in [0.5, 0.6) is 0 Å². The zero-order valence-electron chi connectivity index (χ0n) is 13.1. The number of ether oxygens (including phenoxy) is 1. The second-order valence-electron chi connectivity index (χ2n) is 6.12. The Balaban J connectivity index is 1.68. The maximum atomic E-state index is 12.8. The van der Waals surface area contributed by atoms with E-state index in [0.717, 1.165) is 45.2 Å². The molecule has 8 heteroatoms. The van der Waals surface area contributed by atoms with Gasteiger partial charge in [0.25, 0.3) is 0 Å². The molecule has 23 heavy (non-hydrogen) atoms. The summed E-state index contributed by atoms with van der Waals surface area (Å²) in [5.41, 5.74) is -0.887. The third kappa shape index (κ3) is 3.74. The average molecular weight is 330 g/mol. The molecule has 0 saturated carbocycles. The van der Waals surface area contributed by atoms with Crippen molar-refractivity contribution < 1.29 is 17.9 Å². The molecule has 0 aromatic carbocycles. The summed E-state index contributed by atoms with van der Waals surface area (Å²) in [6.45, 7) is 5.85. The van der Waals surface area contributed by atoms with Gasteiger partial charge in [0.05, 0.1) is 0 Å². The molecule has 1 atom stereocenters. The standard InChI is InChI=1S/C15H21F3N4O/c1-11-10-21(12-3-8-23-9-4-12)6-7-22(11)14-19-5-2-13(20-14)15(16,17)18/h2,5,11-12H,3-4,6-10H2,1H3/t11-/m1/s1. The fourth-order valence-corrected chi connectivity index (χ4v) is 3.31. The fraction of sp³-hybridized carbons (Fsp3) is 0.733. The van der Waals surface area contributed by atoms with Crippen LogP contribution in [0.3, 0.4) is 0 Å². The Kier molecular flexibility index (Phi) is 4.72. The highest BCUT2D eigenvalue weighted by Crippen LogP contribution is 2.29. The van der Waals surface area contributed by atoms with Crippen molar-refractivity contribution in [1.82, 2.24) is 14.9 Å². The van der Waals surface area contributed by atoms with Crippen molar-refractivity contribution in [3.05, 3.63) is 18.0 Å². The van der Waals surface area contributed by atoms with Gasteiger partial charge >= 0.3 is 6.18 Å². The average Bonchev–Trinajstić information content (AvgIpc) is 2.55. The van der Waals surface area contributed by atoms with E-state index in [0.29, 0.717) is 12.6 Å². The predicted molar refractivity (Wildman–Crippen MR) is 79.3 cm³/mol. The summed E-state index contributed by atoms with van der Waals surface area (Å²) in [5.74, 6) is 0.166. The minimum Gasteiger partial charge on any atom is -0.381 e. The molecular weight excluding hydrogens is 309 g/mol. The predicted octanol–water partition coefficient (Wildman–Crippen LogP) is 2.18. The van der Waals surface area contributed by atoms with E-state index in [1.54, 1.807) is 0 Å². The van der Waals surface area contributed by atoms with Crippen LogP contribution >= 0.6 is 0 Å². The maximum Gasteiger partial charge on any atom is 0.433 e. The molecule has 3 rings (SSSR count). The number of alkyl halides is 3. The van der Waals surface area contributed by atoms with E-state index in [2.05, 4.69) is 14.9 Å². The molecule has 0 radical (unpaired) electrons. The van der Waals surface area contributed by atoms with Crippen LogP contribution in [-0.2, 0) is 10.9 Å². The third-order valence-electron chi connectivity index (χ3n) is 4.56. The molecule has 5 nitrogen and oxygen atoms in total. The summed E-state index contributed by atoms with van der Waals surface area (Å²) in [7, 11) is 0. The summed E-state index contributed by atoms with van der Waals surface area (Å²) in [5, 5.41) is 0. The Bertz CT molecular complexity index is 534. The highest BCUT2D eigenvalue weighted by molar-refractivity contribution is 5.33. The van der Waals surface area contributed by atoms with Crippen LogP contribution in [0.15, 0.2) is 12.3 Å². The molecule has 2 aliphatic heterocycles. The van der Waals surface area contributed by atoms with Crippen LogP contribution in [0.2, 0.25) is 0 Å². The number of aromatic nitrogens is 2. The number of hydrogen-bond acceptors (Lipinski definition) is 5. The molecule has 0 spiro atoms. The monoisotopic (exact) mass is 330 g/mol. The lowest BCUT2D eigenvalue weighted by Crippen LogP contribution is -2.56. The molecule has 0 bridgehead atoms. The largest absolute Gasteiger partial charge is 0.433 e. The van der Waals surface area contributed by atoms with Gasteiger partial charge in [-0.2, -0.15) is 13.2 Å². The molecule has 2 aliphatic rings. The van der Waals surface area contributed by atoms with Crippen LogP contribution in [0, 0.1) is 0 Å². The van der Waals surface area contributed by atoms with Crippen molar-refractivity contribution in [2.75, 3.05) is 37.7 Å². The van der Waals surface area contributed by atoms with E-state index in [9.17, 15) is 13.2 Å². The molecule has 1 aromatic rings. The quantitative estimate of drug-likeness (QED) is 0.831. The van der Waals surface area contributed by atoms with Crippen LogP contribution in [0.1, 0.15) is 25.5 Å². The Morgan fingerprint density at radius 1 is 1.22 bits per heavy atom. The Labute approximate surface area is 133 Å². The first-order valence-electron chi connectivity index (χ1n) is 7.94. The Morgan fingerprint density at radius 3 is 2.61 bits per heavy atom. The Hall–Kier alpha value is -1.41. The highest BCUT2D eigenvalue weighted by Gasteiger charge is 2.35. The lowest BCUT2D eigenvalue weighted by molar-refractivity contribution is -0.141. The number of hydrogen-bond donors (Lipinski definition) is 0. The van der Waals surface area contributed by atoms with Gasteiger partial charge < -0.3 is 9.64 Å². The number of anilines is 1. The number of nitrogens with zero attached hydrogens (tertiary/aromatic N) is 4. The van der Waals surface area contributed by atoms with E-state index in [-0.39, 0.29) is 12.0 Å². The van der Waals surface area contributed by atoms with Gasteiger partial charge in [-0.1, -0.05) is 0 Å². The molecule has 0 amide bonds. The summed E-state index contributed by atoms with van der Waals surface area (Å²) in [4.78, 5) is 12.0. The first-order chi connectivity index (χ1) is 10.9. The molecule has 1 aromatic heterocycles. The van der Waals surface area contributed by atoms with Crippen molar-refractivity contribution >= 4 is 5.95 Å². The third-order valence-corrected chi connectivity index (χ3v) is 4.56. The summed E-state index contributed by atoms with van der Waals surface area (Å²) in [6.07, 6.45) is -1.22. The van der Waals surface area contributed by atoms with Crippen LogP contribution < -0.4 is 4.90 Å². The molecule has 0 unspecified atom stereocenters. The lowest BCUT2D eigenvalue weighted by Gasteiger charge is -2.44. The zero-order chi connectivity index (χ0) is 16.4. The van der Waals surface area contributed by atoms with Gasteiger partial charge in [-0.15, -0.1) is 0 Å². The molecule has 2 saturated heterocycles. The first-order valence-corrected chi connectivity index (χ1v) is 7.94. The van der Waals surface area contributed by atoms with Crippen molar-refractivity contribution in [3.8, 4) is 0 Å². The van der Waals surface area contributed by atoms with Crippen LogP contribution in [0.25, 0.3) is 0 Å². The normalized spacial score (nSPS) is 24.9. The van der Waals surface area contributed by atoms with Gasteiger partial charge in [-0.25, -0.2) is 9.97 Å². The SMILES string of the molecule is C[C@@H]1CN(C2CCOCC2)CCN1c1nccc(C(F)(F)F)n1. The maximum absolute atomic E-state index is 12.8. The van der Waals surface area contributed by atoms with Crippen molar-refractivity contribution in [1.29, 1.82) is 0 Å².